The van der Waals surface area contributed by atoms with Crippen LogP contribution in [-0.4, -0.2) is 37.7 Å². The molecule has 1 saturated carbocycles. The van der Waals surface area contributed by atoms with Crippen molar-refractivity contribution in [3.05, 3.63) is 29.8 Å². The van der Waals surface area contributed by atoms with Crippen LogP contribution in [0, 0.1) is 5.92 Å². The van der Waals surface area contributed by atoms with Gasteiger partial charge < -0.3 is 10.4 Å². The lowest BCUT2D eigenvalue weighted by molar-refractivity contribution is -0.141. The summed E-state index contributed by atoms with van der Waals surface area (Å²) in [6.07, 6.45) is 2.66. The molecule has 7 heteroatoms. The highest BCUT2D eigenvalue weighted by Gasteiger charge is 2.30. The summed E-state index contributed by atoms with van der Waals surface area (Å²) in [6, 6.07) is 5.63. The van der Waals surface area contributed by atoms with Crippen molar-refractivity contribution in [3.8, 4) is 0 Å². The molecule has 21 heavy (non-hydrogen) atoms. The van der Waals surface area contributed by atoms with Gasteiger partial charge in [-0.1, -0.05) is 6.07 Å². The number of aliphatic carboxylic acids is 1. The molecular weight excluding hydrogens is 294 g/mol. The average Bonchev–Trinajstić information content (AvgIpc) is 2.86. The first kappa shape index (κ1) is 15.5. The molecule has 0 spiro atoms. The van der Waals surface area contributed by atoms with Crippen LogP contribution >= 0.6 is 0 Å². The number of hydrogen-bond donors (Lipinski definition) is 2. The van der Waals surface area contributed by atoms with Crippen LogP contribution in [0.4, 0.5) is 0 Å². The Balaban J connectivity index is 2.06. The highest BCUT2D eigenvalue weighted by molar-refractivity contribution is 7.90. The predicted molar refractivity (Wildman–Crippen MR) is 75.8 cm³/mol. The van der Waals surface area contributed by atoms with Crippen LogP contribution in [-0.2, 0) is 14.6 Å². The first-order valence-corrected chi connectivity index (χ1v) is 8.50. The second kappa shape index (κ2) is 5.85. The van der Waals surface area contributed by atoms with E-state index in [-0.39, 0.29) is 22.4 Å². The van der Waals surface area contributed by atoms with Gasteiger partial charge in [-0.15, -0.1) is 0 Å². The van der Waals surface area contributed by atoms with E-state index in [4.69, 9.17) is 5.11 Å². The normalized spacial score (nSPS) is 22.0. The van der Waals surface area contributed by atoms with Crippen LogP contribution in [0.25, 0.3) is 0 Å². The van der Waals surface area contributed by atoms with E-state index in [0.29, 0.717) is 19.3 Å². The molecule has 0 saturated heterocycles. The van der Waals surface area contributed by atoms with Crippen LogP contribution in [0.2, 0.25) is 0 Å². The molecule has 1 aliphatic carbocycles. The summed E-state index contributed by atoms with van der Waals surface area (Å²) in [7, 11) is -3.36. The lowest BCUT2D eigenvalue weighted by atomic mass is 10.1. The van der Waals surface area contributed by atoms with E-state index in [1.54, 1.807) is 0 Å². The zero-order chi connectivity index (χ0) is 15.6. The Labute approximate surface area is 123 Å². The maximum absolute atomic E-state index is 12.1. The van der Waals surface area contributed by atoms with Crippen LogP contribution in [0.5, 0.6) is 0 Å². The van der Waals surface area contributed by atoms with Crippen LogP contribution in [0.3, 0.4) is 0 Å². The van der Waals surface area contributed by atoms with Gasteiger partial charge in [0, 0.05) is 17.9 Å². The molecule has 0 aliphatic heterocycles. The van der Waals surface area contributed by atoms with Gasteiger partial charge in [0.05, 0.1) is 10.8 Å². The van der Waals surface area contributed by atoms with Gasteiger partial charge in [0.1, 0.15) is 0 Å². The van der Waals surface area contributed by atoms with Crippen molar-refractivity contribution in [2.24, 2.45) is 5.92 Å². The molecule has 0 radical (unpaired) electrons. The third kappa shape index (κ3) is 3.81. The number of nitrogens with one attached hydrogen (secondary N) is 1. The van der Waals surface area contributed by atoms with Gasteiger partial charge in [-0.05, 0) is 37.5 Å². The minimum absolute atomic E-state index is 0.0879. The summed E-state index contributed by atoms with van der Waals surface area (Å²) in [6.45, 7) is 0. The molecule has 114 valence electrons. The summed E-state index contributed by atoms with van der Waals surface area (Å²) in [5.74, 6) is -1.64. The molecule has 6 nitrogen and oxygen atoms in total. The fraction of sp³-hybridized carbons (Fsp3) is 0.429. The van der Waals surface area contributed by atoms with Gasteiger partial charge in [-0.25, -0.2) is 8.42 Å². The molecule has 0 aromatic heterocycles. The van der Waals surface area contributed by atoms with Crippen molar-refractivity contribution in [2.75, 3.05) is 6.26 Å². The number of carbonyl (C=O) groups is 2. The Kier molecular flexibility index (Phi) is 4.32. The molecule has 0 heterocycles. The van der Waals surface area contributed by atoms with E-state index >= 15 is 0 Å². The number of carboxylic acid groups (broad SMARTS) is 1. The average molecular weight is 311 g/mol. The maximum atomic E-state index is 12.1. The second-order valence-electron chi connectivity index (χ2n) is 5.32. The molecule has 0 unspecified atom stereocenters. The molecule has 2 rings (SSSR count). The van der Waals surface area contributed by atoms with Gasteiger partial charge in [0.25, 0.3) is 5.91 Å². The number of hydrogen-bond acceptors (Lipinski definition) is 4. The highest BCUT2D eigenvalue weighted by atomic mass is 32.2. The topological polar surface area (TPSA) is 101 Å². The quantitative estimate of drug-likeness (QED) is 0.866. The summed E-state index contributed by atoms with van der Waals surface area (Å²) in [5.41, 5.74) is 0.261. The molecule has 0 bridgehead atoms. The van der Waals surface area contributed by atoms with Gasteiger partial charge in [0.2, 0.25) is 0 Å². The third-order valence-corrected chi connectivity index (χ3v) is 4.75. The van der Waals surface area contributed by atoms with Crippen LogP contribution in [0.15, 0.2) is 29.2 Å². The van der Waals surface area contributed by atoms with Crippen molar-refractivity contribution < 1.29 is 23.1 Å². The van der Waals surface area contributed by atoms with Crippen molar-refractivity contribution in [2.45, 2.75) is 30.2 Å². The molecule has 2 N–H and O–H groups in total. The number of sulfone groups is 1. The van der Waals surface area contributed by atoms with Gasteiger partial charge in [0.15, 0.2) is 9.84 Å². The highest BCUT2D eigenvalue weighted by Crippen LogP contribution is 2.26. The van der Waals surface area contributed by atoms with E-state index in [1.165, 1.54) is 24.3 Å². The lowest BCUT2D eigenvalue weighted by Gasteiger charge is -2.12. The smallest absolute Gasteiger partial charge is 0.306 e. The Morgan fingerprint density at radius 1 is 1.29 bits per heavy atom. The molecular formula is C14H17NO5S. The maximum Gasteiger partial charge on any atom is 0.306 e. The first-order chi connectivity index (χ1) is 9.77. The second-order valence-corrected chi connectivity index (χ2v) is 7.33. The molecule has 1 aromatic rings. The largest absolute Gasteiger partial charge is 0.481 e. The number of benzene rings is 1. The predicted octanol–water partition coefficient (Wildman–Crippen LogP) is 1.07. The molecule has 1 fully saturated rings. The van der Waals surface area contributed by atoms with Crippen molar-refractivity contribution in [3.63, 3.8) is 0 Å². The van der Waals surface area contributed by atoms with Crippen LogP contribution in [0.1, 0.15) is 29.6 Å². The molecule has 2 atom stereocenters. The van der Waals surface area contributed by atoms with Gasteiger partial charge in [-0.2, -0.15) is 0 Å². The first-order valence-electron chi connectivity index (χ1n) is 6.61. The van der Waals surface area contributed by atoms with E-state index in [9.17, 15) is 18.0 Å². The Morgan fingerprint density at radius 2 is 2.00 bits per heavy atom. The zero-order valence-electron chi connectivity index (χ0n) is 11.6. The Bertz CT molecular complexity index is 668. The lowest BCUT2D eigenvalue weighted by Crippen LogP contribution is -2.33. The Hall–Kier alpha value is -1.89. The number of carboxylic acids is 1. The summed E-state index contributed by atoms with van der Waals surface area (Å²) < 4.78 is 22.9. The van der Waals surface area contributed by atoms with Crippen molar-refractivity contribution >= 4 is 21.7 Å². The summed E-state index contributed by atoms with van der Waals surface area (Å²) >= 11 is 0. The number of amides is 1. The fourth-order valence-corrected chi connectivity index (χ4v) is 3.14. The van der Waals surface area contributed by atoms with Crippen LogP contribution < -0.4 is 5.32 Å². The van der Waals surface area contributed by atoms with Gasteiger partial charge >= 0.3 is 5.97 Å². The van der Waals surface area contributed by atoms with Crippen molar-refractivity contribution in [1.82, 2.24) is 5.32 Å². The minimum atomic E-state index is -3.36. The van der Waals surface area contributed by atoms with E-state index in [0.717, 1.165) is 6.26 Å². The Morgan fingerprint density at radius 3 is 2.57 bits per heavy atom. The number of rotatable bonds is 4. The fourth-order valence-electron chi connectivity index (χ4n) is 2.47. The molecule has 1 amide bonds. The molecule has 1 aromatic carbocycles. The minimum Gasteiger partial charge on any atom is -0.481 e. The monoisotopic (exact) mass is 311 g/mol. The van der Waals surface area contributed by atoms with Gasteiger partial charge in [-0.3, -0.25) is 9.59 Å². The standard InChI is InChI=1S/C14H17NO5S/c1-21(19,20)12-4-2-3-9(8-12)13(16)15-11-6-5-10(7-11)14(17)18/h2-4,8,10-11H,5-7H2,1H3,(H,15,16)(H,17,18)/t10-,11+/m0/s1. The van der Waals surface area contributed by atoms with E-state index < -0.39 is 21.7 Å². The zero-order valence-corrected chi connectivity index (χ0v) is 12.4. The van der Waals surface area contributed by atoms with E-state index in [1.807, 2.05) is 0 Å². The summed E-state index contributed by atoms with van der Waals surface area (Å²) in [5, 5.41) is 11.7. The number of carbonyl (C=O) groups excluding carboxylic acids is 1. The SMILES string of the molecule is CS(=O)(=O)c1cccc(C(=O)N[C@@H]2CC[C@H](C(=O)O)C2)c1. The molecule has 1 aliphatic rings. The summed E-state index contributed by atoms with van der Waals surface area (Å²) in [4.78, 5) is 23.1. The van der Waals surface area contributed by atoms with E-state index in [2.05, 4.69) is 5.32 Å². The third-order valence-electron chi connectivity index (χ3n) is 3.64. The van der Waals surface area contributed by atoms with Crippen molar-refractivity contribution in [1.29, 1.82) is 0 Å².